The molecule has 0 aromatic heterocycles. The molecular weight excluding hydrogens is 474 g/mol. The maximum atomic E-state index is 13.4. The van der Waals surface area contributed by atoms with Gasteiger partial charge in [0, 0.05) is 26.2 Å². The van der Waals surface area contributed by atoms with Crippen molar-refractivity contribution in [2.75, 3.05) is 19.6 Å². The molecular formula is C29H40ClN3O3. The Balaban J connectivity index is 0.00000361. The maximum absolute atomic E-state index is 13.4. The van der Waals surface area contributed by atoms with Crippen molar-refractivity contribution in [3.8, 4) is 11.5 Å². The molecule has 0 bridgehead atoms. The summed E-state index contributed by atoms with van der Waals surface area (Å²) < 4.78 is 5.90. The summed E-state index contributed by atoms with van der Waals surface area (Å²) in [6, 6.07) is 17.6. The van der Waals surface area contributed by atoms with E-state index in [9.17, 15) is 9.59 Å². The molecule has 4 rings (SSSR count). The standard InChI is InChI=1S/C29H39N3O3.ClH/c1-4-5-17-32-27(33)26(20-22(2)3)30-28(34)29(32)15-18-31(19-16-29)21-23-11-13-25(14-12-23)35-24-9-7-6-8-10-24;/h6-14,22,26H,4-5,15-21H2,1-3H3,(H,30,34);1H. The van der Waals surface area contributed by atoms with Gasteiger partial charge in [-0.3, -0.25) is 14.5 Å². The van der Waals surface area contributed by atoms with Gasteiger partial charge < -0.3 is 15.0 Å². The van der Waals surface area contributed by atoms with Gasteiger partial charge in [0.2, 0.25) is 11.8 Å². The Kier molecular flexibility index (Phi) is 9.80. The monoisotopic (exact) mass is 513 g/mol. The van der Waals surface area contributed by atoms with Crippen LogP contribution in [0.25, 0.3) is 0 Å². The second-order valence-electron chi connectivity index (χ2n) is 10.4. The lowest BCUT2D eigenvalue weighted by molar-refractivity contribution is -0.161. The Labute approximate surface area is 221 Å². The van der Waals surface area contributed by atoms with Crippen LogP contribution in [0.3, 0.4) is 0 Å². The summed E-state index contributed by atoms with van der Waals surface area (Å²) in [5, 5.41) is 3.09. The predicted octanol–water partition coefficient (Wildman–Crippen LogP) is 5.41. The third-order valence-electron chi connectivity index (χ3n) is 7.24. The number of hydrogen-bond donors (Lipinski definition) is 1. The number of rotatable bonds is 9. The van der Waals surface area contributed by atoms with Gasteiger partial charge in [-0.1, -0.05) is 57.5 Å². The van der Waals surface area contributed by atoms with Crippen LogP contribution in [-0.4, -0.2) is 52.8 Å². The second kappa shape index (κ2) is 12.6. The molecule has 1 unspecified atom stereocenters. The zero-order valence-corrected chi connectivity index (χ0v) is 22.6. The summed E-state index contributed by atoms with van der Waals surface area (Å²) >= 11 is 0. The van der Waals surface area contributed by atoms with E-state index in [1.54, 1.807) is 0 Å². The number of piperidine rings is 1. The fourth-order valence-electron chi connectivity index (χ4n) is 5.27. The van der Waals surface area contributed by atoms with Gasteiger partial charge in [0.15, 0.2) is 0 Å². The number of unbranched alkanes of at least 4 members (excludes halogenated alkanes) is 1. The molecule has 7 heteroatoms. The number of hydrogen-bond acceptors (Lipinski definition) is 4. The number of carbonyl (C=O) groups excluding carboxylic acids is 2. The van der Waals surface area contributed by atoms with Gasteiger partial charge in [0.25, 0.3) is 0 Å². The normalized spacial score (nSPS) is 19.8. The quantitative estimate of drug-likeness (QED) is 0.487. The number of para-hydroxylation sites is 1. The number of nitrogens with one attached hydrogen (secondary N) is 1. The predicted molar refractivity (Wildman–Crippen MR) is 145 cm³/mol. The number of carbonyl (C=O) groups is 2. The van der Waals surface area contributed by atoms with Crippen LogP contribution in [0, 0.1) is 5.92 Å². The van der Waals surface area contributed by atoms with Crippen LogP contribution in [0.2, 0.25) is 0 Å². The van der Waals surface area contributed by atoms with Crippen LogP contribution in [-0.2, 0) is 16.1 Å². The molecule has 0 aliphatic carbocycles. The van der Waals surface area contributed by atoms with Crippen LogP contribution < -0.4 is 10.1 Å². The van der Waals surface area contributed by atoms with Crippen molar-refractivity contribution in [2.45, 2.75) is 71.0 Å². The average Bonchev–Trinajstić information content (AvgIpc) is 2.85. The first-order valence-corrected chi connectivity index (χ1v) is 13.1. The van der Waals surface area contributed by atoms with E-state index in [0.717, 1.165) is 44.0 Å². The van der Waals surface area contributed by atoms with Crippen molar-refractivity contribution >= 4 is 24.2 Å². The van der Waals surface area contributed by atoms with E-state index in [0.29, 0.717) is 31.7 Å². The van der Waals surface area contributed by atoms with Gasteiger partial charge in [0.05, 0.1) is 0 Å². The Hall–Kier alpha value is -2.57. The first kappa shape index (κ1) is 28.0. The van der Waals surface area contributed by atoms with Crippen molar-refractivity contribution in [2.24, 2.45) is 5.92 Å². The number of amides is 2. The van der Waals surface area contributed by atoms with Crippen molar-refractivity contribution in [1.82, 2.24) is 15.1 Å². The molecule has 2 aliphatic rings. The third kappa shape index (κ3) is 6.40. The average molecular weight is 514 g/mol. The lowest BCUT2D eigenvalue weighted by Crippen LogP contribution is -2.73. The Morgan fingerprint density at radius 3 is 2.25 bits per heavy atom. The smallest absolute Gasteiger partial charge is 0.246 e. The molecule has 1 spiro atoms. The van der Waals surface area contributed by atoms with Crippen molar-refractivity contribution in [3.63, 3.8) is 0 Å². The molecule has 1 atom stereocenters. The first-order valence-electron chi connectivity index (χ1n) is 13.1. The van der Waals surface area contributed by atoms with E-state index < -0.39 is 5.54 Å². The van der Waals surface area contributed by atoms with Gasteiger partial charge in [0.1, 0.15) is 23.1 Å². The van der Waals surface area contributed by atoms with Gasteiger partial charge in [-0.2, -0.15) is 0 Å². The summed E-state index contributed by atoms with van der Waals surface area (Å²) in [6.45, 7) is 9.40. The molecule has 196 valence electrons. The zero-order chi connectivity index (χ0) is 24.8. The summed E-state index contributed by atoms with van der Waals surface area (Å²) in [7, 11) is 0. The lowest BCUT2D eigenvalue weighted by atomic mass is 9.80. The molecule has 2 aromatic carbocycles. The van der Waals surface area contributed by atoms with E-state index in [2.05, 4.69) is 43.1 Å². The van der Waals surface area contributed by atoms with Crippen molar-refractivity contribution in [3.05, 3.63) is 60.2 Å². The summed E-state index contributed by atoms with van der Waals surface area (Å²) in [5.74, 6) is 2.15. The Morgan fingerprint density at radius 1 is 1.00 bits per heavy atom. The molecule has 2 heterocycles. The Morgan fingerprint density at radius 2 is 1.64 bits per heavy atom. The lowest BCUT2D eigenvalue weighted by Gasteiger charge is -2.52. The van der Waals surface area contributed by atoms with Crippen molar-refractivity contribution < 1.29 is 14.3 Å². The zero-order valence-electron chi connectivity index (χ0n) is 21.7. The molecule has 1 N–H and O–H groups in total. The highest BCUT2D eigenvalue weighted by molar-refractivity contribution is 6.00. The van der Waals surface area contributed by atoms with Gasteiger partial charge >= 0.3 is 0 Å². The van der Waals surface area contributed by atoms with Crippen LogP contribution in [0.1, 0.15) is 58.4 Å². The molecule has 2 aromatic rings. The minimum absolute atomic E-state index is 0. The summed E-state index contributed by atoms with van der Waals surface area (Å²) in [5.41, 5.74) is 0.509. The topological polar surface area (TPSA) is 61.9 Å². The SMILES string of the molecule is CCCCN1C(=O)C(CC(C)C)NC(=O)C12CCN(Cc1ccc(Oc3ccccc3)cc1)CC2.Cl. The van der Waals surface area contributed by atoms with E-state index in [4.69, 9.17) is 4.74 Å². The molecule has 2 fully saturated rings. The molecule has 2 saturated heterocycles. The molecule has 0 saturated carbocycles. The minimum Gasteiger partial charge on any atom is -0.457 e. The van der Waals surface area contributed by atoms with E-state index >= 15 is 0 Å². The van der Waals surface area contributed by atoms with Crippen LogP contribution in [0.5, 0.6) is 11.5 Å². The number of benzene rings is 2. The number of nitrogens with zero attached hydrogens (tertiary/aromatic N) is 2. The van der Waals surface area contributed by atoms with E-state index in [-0.39, 0.29) is 30.3 Å². The van der Waals surface area contributed by atoms with Crippen molar-refractivity contribution in [1.29, 1.82) is 0 Å². The highest BCUT2D eigenvalue weighted by Crippen LogP contribution is 2.35. The first-order chi connectivity index (χ1) is 16.9. The number of likely N-dealkylation sites (tertiary alicyclic amines) is 1. The summed E-state index contributed by atoms with van der Waals surface area (Å²) in [4.78, 5) is 31.1. The molecule has 2 aliphatic heterocycles. The largest absolute Gasteiger partial charge is 0.457 e. The fraction of sp³-hybridized carbons (Fsp3) is 0.517. The molecule has 36 heavy (non-hydrogen) atoms. The highest BCUT2D eigenvalue weighted by Gasteiger charge is 2.53. The number of ether oxygens (including phenoxy) is 1. The fourth-order valence-corrected chi connectivity index (χ4v) is 5.27. The molecule has 2 amide bonds. The van der Waals surface area contributed by atoms with Crippen LogP contribution in [0.15, 0.2) is 54.6 Å². The van der Waals surface area contributed by atoms with Crippen LogP contribution >= 0.6 is 12.4 Å². The maximum Gasteiger partial charge on any atom is 0.246 e. The third-order valence-corrected chi connectivity index (χ3v) is 7.24. The van der Waals surface area contributed by atoms with Gasteiger partial charge in [-0.05, 0) is 61.4 Å². The summed E-state index contributed by atoms with van der Waals surface area (Å²) in [6.07, 6.45) is 3.98. The van der Waals surface area contributed by atoms with Gasteiger partial charge in [-0.25, -0.2) is 0 Å². The number of halogens is 1. The van der Waals surface area contributed by atoms with Gasteiger partial charge in [-0.15, -0.1) is 12.4 Å². The second-order valence-corrected chi connectivity index (χ2v) is 10.4. The Bertz CT molecular complexity index is 989. The molecule has 6 nitrogen and oxygen atoms in total. The minimum atomic E-state index is -0.705. The van der Waals surface area contributed by atoms with E-state index in [1.807, 2.05) is 47.4 Å². The number of piperazine rings is 1. The highest BCUT2D eigenvalue weighted by atomic mass is 35.5. The van der Waals surface area contributed by atoms with Crippen LogP contribution in [0.4, 0.5) is 0 Å². The molecule has 0 radical (unpaired) electrons. The van der Waals surface area contributed by atoms with E-state index in [1.165, 1.54) is 5.56 Å².